The van der Waals surface area contributed by atoms with Gasteiger partial charge in [0.1, 0.15) is 6.07 Å². The number of nitrogens with one attached hydrogen (secondary N) is 1. The third kappa shape index (κ3) is 3.17. The van der Waals surface area contributed by atoms with E-state index in [2.05, 4.69) is 17.6 Å². The second-order valence-corrected chi connectivity index (χ2v) is 5.66. The van der Waals surface area contributed by atoms with Crippen LogP contribution >= 0.6 is 11.8 Å². The second-order valence-electron chi connectivity index (χ2n) is 4.52. The molecule has 0 heterocycles. The van der Waals surface area contributed by atoms with Crippen LogP contribution in [0.4, 0.5) is 5.69 Å². The van der Waals surface area contributed by atoms with Crippen molar-refractivity contribution in [1.82, 2.24) is 0 Å². The van der Waals surface area contributed by atoms with E-state index in [0.29, 0.717) is 6.04 Å². The Bertz CT molecular complexity index is 411. The molecule has 0 bridgehead atoms. The third-order valence-electron chi connectivity index (χ3n) is 3.37. The van der Waals surface area contributed by atoms with Gasteiger partial charge in [0.2, 0.25) is 0 Å². The quantitative estimate of drug-likeness (QED) is 0.884. The van der Waals surface area contributed by atoms with Crippen LogP contribution in [0.15, 0.2) is 24.3 Å². The van der Waals surface area contributed by atoms with Gasteiger partial charge in [-0.3, -0.25) is 0 Å². The summed E-state index contributed by atoms with van der Waals surface area (Å²) >= 11 is 1.96. The molecule has 0 amide bonds. The summed E-state index contributed by atoms with van der Waals surface area (Å²) in [7, 11) is 0. The average molecular weight is 246 g/mol. The first kappa shape index (κ1) is 12.3. The van der Waals surface area contributed by atoms with Crippen LogP contribution in [-0.4, -0.2) is 17.5 Å². The lowest BCUT2D eigenvalue weighted by Crippen LogP contribution is -2.28. The molecule has 2 nitrogen and oxygen atoms in total. The number of benzene rings is 1. The molecule has 1 fully saturated rings. The topological polar surface area (TPSA) is 35.8 Å². The minimum Gasteiger partial charge on any atom is -0.381 e. The highest BCUT2D eigenvalue weighted by atomic mass is 32.2. The molecule has 1 N–H and O–H groups in total. The zero-order chi connectivity index (χ0) is 12.1. The fourth-order valence-electron chi connectivity index (χ4n) is 2.42. The van der Waals surface area contributed by atoms with Crippen LogP contribution in [0.5, 0.6) is 0 Å². The molecule has 1 aliphatic rings. The Morgan fingerprint density at radius 1 is 1.35 bits per heavy atom. The Hall–Kier alpha value is -1.14. The summed E-state index contributed by atoms with van der Waals surface area (Å²) in [5, 5.41) is 13.4. The van der Waals surface area contributed by atoms with Gasteiger partial charge < -0.3 is 5.32 Å². The van der Waals surface area contributed by atoms with E-state index in [9.17, 15) is 0 Å². The van der Waals surface area contributed by atoms with Gasteiger partial charge in [0.05, 0.1) is 11.3 Å². The number of nitrogens with zero attached hydrogens (tertiary/aromatic N) is 1. The van der Waals surface area contributed by atoms with Crippen LogP contribution in [0.25, 0.3) is 0 Å². The molecule has 1 saturated carbocycles. The number of thioether (sulfide) groups is 1. The van der Waals surface area contributed by atoms with Crippen molar-refractivity contribution in [2.75, 3.05) is 11.6 Å². The molecule has 0 radical (unpaired) electrons. The summed E-state index contributed by atoms with van der Waals surface area (Å²) in [6, 6.07) is 10.5. The summed E-state index contributed by atoms with van der Waals surface area (Å²) in [5.41, 5.74) is 1.74. The van der Waals surface area contributed by atoms with Crippen LogP contribution in [0.3, 0.4) is 0 Å². The normalized spacial score (nSPS) is 24.0. The van der Waals surface area contributed by atoms with Gasteiger partial charge in [0.25, 0.3) is 0 Å². The lowest BCUT2D eigenvalue weighted by Gasteiger charge is -2.29. The molecule has 17 heavy (non-hydrogen) atoms. The van der Waals surface area contributed by atoms with E-state index in [4.69, 9.17) is 5.26 Å². The number of hydrogen-bond donors (Lipinski definition) is 1. The highest BCUT2D eigenvalue weighted by Crippen LogP contribution is 2.29. The summed E-state index contributed by atoms with van der Waals surface area (Å²) in [4.78, 5) is 0. The standard InChI is InChI=1S/C14H18N2S/c1-17-13-7-4-6-12(9-13)16-14-8-3-2-5-11(14)10-15/h2-3,5,8,12-13,16H,4,6-7,9H2,1H3. The summed E-state index contributed by atoms with van der Waals surface area (Å²) in [5.74, 6) is 0. The van der Waals surface area contributed by atoms with E-state index in [1.807, 2.05) is 36.0 Å². The van der Waals surface area contributed by atoms with E-state index < -0.39 is 0 Å². The van der Waals surface area contributed by atoms with Gasteiger partial charge in [-0.05, 0) is 37.7 Å². The highest BCUT2D eigenvalue weighted by Gasteiger charge is 2.21. The third-order valence-corrected chi connectivity index (χ3v) is 4.46. The van der Waals surface area contributed by atoms with Crippen molar-refractivity contribution in [3.05, 3.63) is 29.8 Å². The Labute approximate surface area is 107 Å². The second kappa shape index (κ2) is 5.97. The maximum Gasteiger partial charge on any atom is 0.101 e. The van der Waals surface area contributed by atoms with Crippen molar-refractivity contribution in [3.63, 3.8) is 0 Å². The molecule has 2 atom stereocenters. The van der Waals surface area contributed by atoms with E-state index in [1.54, 1.807) is 0 Å². The lowest BCUT2D eigenvalue weighted by molar-refractivity contribution is 0.473. The van der Waals surface area contributed by atoms with E-state index >= 15 is 0 Å². The Morgan fingerprint density at radius 2 is 2.18 bits per heavy atom. The smallest absolute Gasteiger partial charge is 0.101 e. The molecule has 1 aromatic rings. The minimum absolute atomic E-state index is 0.524. The summed E-state index contributed by atoms with van der Waals surface area (Å²) < 4.78 is 0. The summed E-state index contributed by atoms with van der Waals surface area (Å²) in [6.07, 6.45) is 7.24. The van der Waals surface area contributed by atoms with Crippen LogP contribution < -0.4 is 5.32 Å². The minimum atomic E-state index is 0.524. The molecular formula is C14H18N2S. The van der Waals surface area contributed by atoms with Crippen molar-refractivity contribution >= 4 is 17.4 Å². The number of hydrogen-bond acceptors (Lipinski definition) is 3. The van der Waals surface area contributed by atoms with Crippen molar-refractivity contribution in [1.29, 1.82) is 5.26 Å². The van der Waals surface area contributed by atoms with Crippen LogP contribution in [0, 0.1) is 11.3 Å². The molecule has 0 aromatic heterocycles. The monoisotopic (exact) mass is 246 g/mol. The van der Waals surface area contributed by atoms with Crippen molar-refractivity contribution in [3.8, 4) is 6.07 Å². The Morgan fingerprint density at radius 3 is 2.94 bits per heavy atom. The van der Waals surface area contributed by atoms with Crippen LogP contribution in [-0.2, 0) is 0 Å². The van der Waals surface area contributed by atoms with Gasteiger partial charge in [-0.15, -0.1) is 0 Å². The fourth-order valence-corrected chi connectivity index (χ4v) is 3.24. The maximum atomic E-state index is 9.05. The number of rotatable bonds is 3. The van der Waals surface area contributed by atoms with Gasteiger partial charge in [-0.25, -0.2) is 0 Å². The molecule has 0 aliphatic heterocycles. The van der Waals surface area contributed by atoms with E-state index in [1.165, 1.54) is 25.7 Å². The van der Waals surface area contributed by atoms with Crippen LogP contribution in [0.1, 0.15) is 31.2 Å². The highest BCUT2D eigenvalue weighted by molar-refractivity contribution is 7.99. The van der Waals surface area contributed by atoms with Crippen molar-refractivity contribution in [2.45, 2.75) is 37.0 Å². The fraction of sp³-hybridized carbons (Fsp3) is 0.500. The Kier molecular flexibility index (Phi) is 4.33. The van der Waals surface area contributed by atoms with Gasteiger partial charge in [-0.1, -0.05) is 18.6 Å². The zero-order valence-corrected chi connectivity index (χ0v) is 11.0. The predicted molar refractivity (Wildman–Crippen MR) is 74.3 cm³/mol. The average Bonchev–Trinajstić information content (AvgIpc) is 2.39. The summed E-state index contributed by atoms with van der Waals surface area (Å²) in [6.45, 7) is 0. The SMILES string of the molecule is CSC1CCCC(Nc2ccccc2C#N)C1. The molecule has 1 aromatic carbocycles. The van der Waals surface area contributed by atoms with E-state index in [-0.39, 0.29) is 0 Å². The van der Waals surface area contributed by atoms with Crippen molar-refractivity contribution < 1.29 is 0 Å². The zero-order valence-electron chi connectivity index (χ0n) is 10.1. The first-order valence-electron chi connectivity index (χ1n) is 6.12. The van der Waals surface area contributed by atoms with Gasteiger partial charge in [0.15, 0.2) is 0 Å². The van der Waals surface area contributed by atoms with Gasteiger partial charge in [-0.2, -0.15) is 17.0 Å². The van der Waals surface area contributed by atoms with Gasteiger partial charge >= 0.3 is 0 Å². The number of anilines is 1. The number of nitriles is 1. The lowest BCUT2D eigenvalue weighted by atomic mass is 9.94. The molecule has 0 spiro atoms. The van der Waals surface area contributed by atoms with Crippen LogP contribution in [0.2, 0.25) is 0 Å². The molecule has 2 unspecified atom stereocenters. The molecule has 1 aliphatic carbocycles. The molecule has 0 saturated heterocycles. The first-order chi connectivity index (χ1) is 8.33. The van der Waals surface area contributed by atoms with Crippen molar-refractivity contribution in [2.24, 2.45) is 0 Å². The number of para-hydroxylation sites is 1. The molecule has 3 heteroatoms. The maximum absolute atomic E-state index is 9.05. The van der Waals surface area contributed by atoms with E-state index in [0.717, 1.165) is 16.5 Å². The largest absolute Gasteiger partial charge is 0.381 e. The Balaban J connectivity index is 2.03. The van der Waals surface area contributed by atoms with Gasteiger partial charge in [0, 0.05) is 11.3 Å². The molecular weight excluding hydrogens is 228 g/mol. The first-order valence-corrected chi connectivity index (χ1v) is 7.40. The predicted octanol–water partition coefficient (Wildman–Crippen LogP) is 3.64. The molecule has 2 rings (SSSR count). The molecule has 90 valence electrons.